The van der Waals surface area contributed by atoms with Crippen molar-refractivity contribution >= 4 is 11.9 Å². The maximum atomic E-state index is 12.1. The van der Waals surface area contributed by atoms with E-state index >= 15 is 0 Å². The fourth-order valence-corrected chi connectivity index (χ4v) is 2.51. The Balaban J connectivity index is 2.51. The predicted octanol–water partition coefficient (Wildman–Crippen LogP) is 1.28. The molecule has 116 valence electrons. The average Bonchev–Trinajstić information content (AvgIpc) is 2.35. The van der Waals surface area contributed by atoms with Gasteiger partial charge >= 0.3 is 12.1 Å². The topological polar surface area (TPSA) is 93.5 Å². The summed E-state index contributed by atoms with van der Waals surface area (Å²) in [4.78, 5) is 14.7. The van der Waals surface area contributed by atoms with Crippen LogP contribution in [0.5, 0.6) is 0 Å². The molecule has 8 heteroatoms. The molecule has 1 saturated carbocycles. The van der Waals surface area contributed by atoms with Crippen molar-refractivity contribution in [3.8, 4) is 0 Å². The lowest BCUT2D eigenvalue weighted by Gasteiger charge is -2.25. The summed E-state index contributed by atoms with van der Waals surface area (Å²) < 4.78 is 36.4. The van der Waals surface area contributed by atoms with Gasteiger partial charge in [-0.1, -0.05) is 32.1 Å². The van der Waals surface area contributed by atoms with Gasteiger partial charge in [0.05, 0.1) is 6.04 Å². The second-order valence-electron chi connectivity index (χ2n) is 5.16. The minimum atomic E-state index is -4.88. The molecule has 0 radical (unpaired) electrons. The Hall–Kier alpha value is -1.47. The van der Waals surface area contributed by atoms with Crippen molar-refractivity contribution in [3.63, 3.8) is 0 Å². The van der Waals surface area contributed by atoms with E-state index in [4.69, 9.17) is 11.5 Å². The zero-order valence-electron chi connectivity index (χ0n) is 11.2. The summed E-state index contributed by atoms with van der Waals surface area (Å²) in [5.41, 5.74) is 10.6. The van der Waals surface area contributed by atoms with E-state index < -0.39 is 18.1 Å². The van der Waals surface area contributed by atoms with Crippen molar-refractivity contribution < 1.29 is 18.0 Å². The molecule has 1 amide bonds. The number of nitrogens with two attached hydrogens (primary N) is 2. The van der Waals surface area contributed by atoms with Crippen LogP contribution < -0.4 is 16.8 Å². The van der Waals surface area contributed by atoms with E-state index in [0.29, 0.717) is 12.3 Å². The molecular formula is C12H21F3N4O. The first-order valence-electron chi connectivity index (χ1n) is 6.73. The van der Waals surface area contributed by atoms with Gasteiger partial charge in [0, 0.05) is 6.54 Å². The van der Waals surface area contributed by atoms with E-state index in [2.05, 4.69) is 4.99 Å². The molecule has 1 atom stereocenters. The van der Waals surface area contributed by atoms with Crippen molar-refractivity contribution in [1.29, 1.82) is 0 Å². The number of aliphatic imine (C=N–C) groups is 1. The second kappa shape index (κ2) is 7.35. The van der Waals surface area contributed by atoms with Gasteiger partial charge in [0.2, 0.25) is 0 Å². The molecule has 0 aromatic carbocycles. The third-order valence-electron chi connectivity index (χ3n) is 3.42. The summed E-state index contributed by atoms with van der Waals surface area (Å²) in [6.45, 7) is -0.202. The molecule has 0 aromatic rings. The normalized spacial score (nSPS) is 18.4. The van der Waals surface area contributed by atoms with Crippen LogP contribution in [0.25, 0.3) is 0 Å². The molecule has 5 N–H and O–H groups in total. The van der Waals surface area contributed by atoms with Gasteiger partial charge in [-0.3, -0.25) is 4.79 Å². The van der Waals surface area contributed by atoms with E-state index in [1.165, 1.54) is 6.42 Å². The first kappa shape index (κ1) is 16.6. The van der Waals surface area contributed by atoms with Gasteiger partial charge in [0.25, 0.3) is 0 Å². The van der Waals surface area contributed by atoms with E-state index in [0.717, 1.165) is 25.7 Å². The van der Waals surface area contributed by atoms with Crippen LogP contribution in [0.15, 0.2) is 4.99 Å². The largest absolute Gasteiger partial charge is 0.471 e. The fraction of sp³-hybridized carbons (Fsp3) is 0.833. The Morgan fingerprint density at radius 1 is 1.25 bits per heavy atom. The highest BCUT2D eigenvalue weighted by molar-refractivity contribution is 5.81. The molecule has 1 rings (SSSR count). The molecule has 0 unspecified atom stereocenters. The van der Waals surface area contributed by atoms with Crippen molar-refractivity contribution in [2.24, 2.45) is 22.4 Å². The minimum absolute atomic E-state index is 0.174. The summed E-state index contributed by atoms with van der Waals surface area (Å²) in [6, 6.07) is -0.505. The Labute approximate surface area is 116 Å². The number of alkyl halides is 3. The van der Waals surface area contributed by atoms with Crippen LogP contribution >= 0.6 is 0 Å². The van der Waals surface area contributed by atoms with E-state index in [9.17, 15) is 18.0 Å². The van der Waals surface area contributed by atoms with Crippen LogP contribution in [0.2, 0.25) is 0 Å². The number of guanidine groups is 1. The third-order valence-corrected chi connectivity index (χ3v) is 3.42. The summed E-state index contributed by atoms with van der Waals surface area (Å²) in [7, 11) is 0. The lowest BCUT2D eigenvalue weighted by atomic mass is 9.85. The monoisotopic (exact) mass is 294 g/mol. The number of carbonyl (C=O) groups is 1. The molecule has 1 fully saturated rings. The Kier molecular flexibility index (Phi) is 6.09. The number of nitrogens with one attached hydrogen (secondary N) is 1. The molecule has 0 heterocycles. The van der Waals surface area contributed by atoms with Crippen molar-refractivity contribution in [2.45, 2.75) is 50.7 Å². The zero-order valence-corrected chi connectivity index (χ0v) is 11.2. The van der Waals surface area contributed by atoms with E-state index in [-0.39, 0.29) is 12.5 Å². The number of nitrogens with zero attached hydrogens (tertiary/aromatic N) is 1. The van der Waals surface area contributed by atoms with Gasteiger partial charge in [-0.25, -0.2) is 4.99 Å². The highest BCUT2D eigenvalue weighted by atomic mass is 19.4. The first-order valence-corrected chi connectivity index (χ1v) is 6.73. The molecule has 0 bridgehead atoms. The molecule has 5 nitrogen and oxygen atoms in total. The highest BCUT2D eigenvalue weighted by Gasteiger charge is 2.38. The molecular weight excluding hydrogens is 273 g/mol. The van der Waals surface area contributed by atoms with E-state index in [1.54, 1.807) is 0 Å². The molecule has 20 heavy (non-hydrogen) atoms. The van der Waals surface area contributed by atoms with Gasteiger partial charge in [-0.05, 0) is 12.3 Å². The fourth-order valence-electron chi connectivity index (χ4n) is 2.51. The van der Waals surface area contributed by atoms with Crippen molar-refractivity contribution in [3.05, 3.63) is 0 Å². The SMILES string of the molecule is NC(N)=N[C@H](CNC(=O)C(F)(F)F)CC1CCCCC1. The quantitative estimate of drug-likeness (QED) is 0.526. The molecule has 0 aromatic heterocycles. The highest BCUT2D eigenvalue weighted by Crippen LogP contribution is 2.28. The van der Waals surface area contributed by atoms with Crippen LogP contribution in [-0.2, 0) is 4.79 Å². The summed E-state index contributed by atoms with van der Waals surface area (Å²) >= 11 is 0. The maximum absolute atomic E-state index is 12.1. The van der Waals surface area contributed by atoms with Crippen LogP contribution in [-0.4, -0.2) is 30.6 Å². The predicted molar refractivity (Wildman–Crippen MR) is 69.9 cm³/mol. The van der Waals surface area contributed by atoms with Crippen molar-refractivity contribution in [2.75, 3.05) is 6.54 Å². The smallest absolute Gasteiger partial charge is 0.370 e. The summed E-state index contributed by atoms with van der Waals surface area (Å²) in [5.74, 6) is -1.73. The first-order chi connectivity index (χ1) is 9.29. The number of hydrogen-bond donors (Lipinski definition) is 3. The Bertz CT molecular complexity index is 347. The molecule has 1 aliphatic carbocycles. The third kappa shape index (κ3) is 6.12. The zero-order chi connectivity index (χ0) is 15.2. The lowest BCUT2D eigenvalue weighted by molar-refractivity contribution is -0.173. The Morgan fingerprint density at radius 3 is 2.35 bits per heavy atom. The number of halogens is 3. The minimum Gasteiger partial charge on any atom is -0.370 e. The summed E-state index contributed by atoms with van der Waals surface area (Å²) in [6.07, 6.45) is 1.20. The maximum Gasteiger partial charge on any atom is 0.471 e. The molecule has 1 aliphatic rings. The van der Waals surface area contributed by atoms with Gasteiger partial charge in [-0.15, -0.1) is 0 Å². The van der Waals surface area contributed by atoms with Crippen LogP contribution in [0.1, 0.15) is 38.5 Å². The van der Waals surface area contributed by atoms with Crippen molar-refractivity contribution in [1.82, 2.24) is 5.32 Å². The van der Waals surface area contributed by atoms with Crippen LogP contribution in [0, 0.1) is 5.92 Å². The van der Waals surface area contributed by atoms with Gasteiger partial charge in [0.1, 0.15) is 0 Å². The lowest BCUT2D eigenvalue weighted by Crippen LogP contribution is -2.41. The Morgan fingerprint density at radius 2 is 1.85 bits per heavy atom. The summed E-state index contributed by atoms with van der Waals surface area (Å²) in [5, 5.41) is 1.84. The number of rotatable bonds is 5. The second-order valence-corrected chi connectivity index (χ2v) is 5.16. The standard InChI is InChI=1S/C12H21F3N4O/c13-12(14,15)10(20)18-7-9(19-11(16)17)6-8-4-2-1-3-5-8/h8-9H,1-7H2,(H,18,20)(H4,16,17,19)/t9-/m0/s1. The number of carbonyl (C=O) groups excluding carboxylic acids is 1. The number of hydrogen-bond acceptors (Lipinski definition) is 2. The van der Waals surface area contributed by atoms with Gasteiger partial charge in [0.15, 0.2) is 5.96 Å². The van der Waals surface area contributed by atoms with E-state index in [1.807, 2.05) is 5.32 Å². The van der Waals surface area contributed by atoms with Crippen LogP contribution in [0.3, 0.4) is 0 Å². The number of amides is 1. The molecule has 0 saturated heterocycles. The van der Waals surface area contributed by atoms with Gasteiger partial charge in [-0.2, -0.15) is 13.2 Å². The molecule has 0 spiro atoms. The average molecular weight is 294 g/mol. The van der Waals surface area contributed by atoms with Gasteiger partial charge < -0.3 is 16.8 Å². The van der Waals surface area contributed by atoms with Crippen LogP contribution in [0.4, 0.5) is 13.2 Å². The molecule has 0 aliphatic heterocycles.